The molecule has 0 spiro atoms. The van der Waals surface area contributed by atoms with E-state index in [9.17, 15) is 30.8 Å². The zero-order valence-electron chi connectivity index (χ0n) is 17.9. The molecule has 1 N–H and O–H groups in total. The van der Waals surface area contributed by atoms with E-state index in [-0.39, 0.29) is 23.3 Å². The molecular formula is C22H21F5N2O4S. The van der Waals surface area contributed by atoms with Gasteiger partial charge in [0.2, 0.25) is 10.0 Å². The third-order valence-electron chi connectivity index (χ3n) is 5.97. The molecule has 0 unspecified atom stereocenters. The van der Waals surface area contributed by atoms with Crippen LogP contribution in [0.4, 0.5) is 22.0 Å². The molecule has 2 aromatic carbocycles. The number of carbonyl (C=O) groups excluding carboxylic acids is 1. The van der Waals surface area contributed by atoms with Crippen molar-refractivity contribution in [2.75, 3.05) is 19.4 Å². The van der Waals surface area contributed by atoms with Gasteiger partial charge in [0.1, 0.15) is 18.0 Å². The van der Waals surface area contributed by atoms with Crippen molar-refractivity contribution >= 4 is 15.9 Å². The monoisotopic (exact) mass is 504 g/mol. The number of nitrogens with zero attached hydrogens (tertiary/aromatic N) is 1. The van der Waals surface area contributed by atoms with Crippen molar-refractivity contribution in [3.63, 3.8) is 0 Å². The zero-order chi connectivity index (χ0) is 24.8. The van der Waals surface area contributed by atoms with Crippen LogP contribution < -0.4 is 4.72 Å². The third-order valence-corrected chi connectivity index (χ3v) is 6.65. The van der Waals surface area contributed by atoms with E-state index < -0.39 is 70.5 Å². The van der Waals surface area contributed by atoms with Gasteiger partial charge in [0.25, 0.3) is 11.8 Å². The van der Waals surface area contributed by atoms with E-state index in [1.54, 1.807) is 0 Å². The number of hydrogen-bond donors (Lipinski definition) is 1. The molecule has 0 saturated carbocycles. The fourth-order valence-corrected chi connectivity index (χ4v) is 5.06. The maximum Gasteiger partial charge on any atom is 0.283 e. The summed E-state index contributed by atoms with van der Waals surface area (Å²) < 4.78 is 104. The summed E-state index contributed by atoms with van der Waals surface area (Å²) in [4.78, 5) is 13.6. The number of carbonyl (C=O) groups is 1. The standard InChI is InChI=1S/C22H21F5N2O4S/c1-34(31,32)28-20-16(29(11-22(20,26)27)21(30)17-8-9-33-17)10-12-4-2-5-13(18(12)24)14-6-3-7-15(23)19(14)25/h2-7,16-17,20,28H,8-11H2,1H3/t16-,17-,20-/m0/s1. The highest BCUT2D eigenvalue weighted by atomic mass is 32.2. The summed E-state index contributed by atoms with van der Waals surface area (Å²) >= 11 is 0. The molecule has 2 heterocycles. The molecule has 6 nitrogen and oxygen atoms in total. The lowest BCUT2D eigenvalue weighted by Crippen LogP contribution is -2.54. The van der Waals surface area contributed by atoms with Gasteiger partial charge in [-0.1, -0.05) is 30.3 Å². The van der Waals surface area contributed by atoms with Gasteiger partial charge in [-0.15, -0.1) is 0 Å². The minimum Gasteiger partial charge on any atom is -0.368 e. The summed E-state index contributed by atoms with van der Waals surface area (Å²) in [5, 5.41) is 0. The van der Waals surface area contributed by atoms with Crippen LogP contribution in [0.25, 0.3) is 11.1 Å². The molecule has 0 radical (unpaired) electrons. The molecule has 2 fully saturated rings. The van der Waals surface area contributed by atoms with E-state index in [0.717, 1.165) is 11.0 Å². The van der Waals surface area contributed by atoms with Crippen LogP contribution in [-0.2, 0) is 26.0 Å². The molecule has 34 heavy (non-hydrogen) atoms. The Labute approximate surface area is 192 Å². The number of nitrogens with one attached hydrogen (secondary N) is 1. The average Bonchev–Trinajstić information content (AvgIpc) is 2.94. The first-order chi connectivity index (χ1) is 15.9. The first-order valence-corrected chi connectivity index (χ1v) is 12.3. The summed E-state index contributed by atoms with van der Waals surface area (Å²) in [7, 11) is -4.12. The lowest BCUT2D eigenvalue weighted by Gasteiger charge is -2.33. The van der Waals surface area contributed by atoms with E-state index in [1.807, 2.05) is 4.72 Å². The Hall–Kier alpha value is -2.57. The predicted octanol–water partition coefficient (Wildman–Crippen LogP) is 2.87. The molecule has 4 rings (SSSR count). The van der Waals surface area contributed by atoms with Gasteiger partial charge in [-0.3, -0.25) is 4.79 Å². The predicted molar refractivity (Wildman–Crippen MR) is 112 cm³/mol. The van der Waals surface area contributed by atoms with Crippen LogP contribution in [0.2, 0.25) is 0 Å². The van der Waals surface area contributed by atoms with E-state index >= 15 is 4.39 Å². The Morgan fingerprint density at radius 2 is 1.74 bits per heavy atom. The molecule has 0 aromatic heterocycles. The Kier molecular flexibility index (Phi) is 6.42. The van der Waals surface area contributed by atoms with Gasteiger partial charge in [0.05, 0.1) is 25.4 Å². The minimum atomic E-state index is -4.12. The smallest absolute Gasteiger partial charge is 0.283 e. The maximum atomic E-state index is 15.4. The molecule has 0 aliphatic carbocycles. The van der Waals surface area contributed by atoms with Crippen molar-refractivity contribution in [1.82, 2.24) is 9.62 Å². The fraction of sp³-hybridized carbons (Fsp3) is 0.409. The van der Waals surface area contributed by atoms with Gasteiger partial charge in [-0.05, 0) is 18.1 Å². The van der Waals surface area contributed by atoms with Gasteiger partial charge in [0.15, 0.2) is 11.6 Å². The quantitative estimate of drug-likeness (QED) is 0.614. The summed E-state index contributed by atoms with van der Waals surface area (Å²) in [5.74, 6) is -7.85. The van der Waals surface area contributed by atoms with Crippen LogP contribution in [0, 0.1) is 17.5 Å². The van der Waals surface area contributed by atoms with Gasteiger partial charge < -0.3 is 9.64 Å². The fourth-order valence-electron chi connectivity index (χ4n) is 4.27. The zero-order valence-corrected chi connectivity index (χ0v) is 18.7. The third kappa shape index (κ3) is 4.66. The van der Waals surface area contributed by atoms with Gasteiger partial charge in [-0.2, -0.15) is 0 Å². The SMILES string of the molecule is CS(=O)(=O)N[C@H]1[C@H](Cc2cccc(-c3cccc(F)c3F)c2F)N(C(=O)[C@@H]2CCO2)CC1(F)F. The molecule has 2 aromatic rings. The van der Waals surface area contributed by atoms with Crippen LogP contribution in [0.15, 0.2) is 36.4 Å². The number of alkyl halides is 2. The number of amides is 1. The topological polar surface area (TPSA) is 75.7 Å². The lowest BCUT2D eigenvalue weighted by molar-refractivity contribution is -0.158. The molecule has 2 aliphatic rings. The van der Waals surface area contributed by atoms with Gasteiger partial charge >= 0.3 is 0 Å². The van der Waals surface area contributed by atoms with Crippen LogP contribution in [0.1, 0.15) is 12.0 Å². The van der Waals surface area contributed by atoms with Crippen molar-refractivity contribution < 1.29 is 39.9 Å². The number of halogens is 5. The first kappa shape index (κ1) is 24.6. The summed E-state index contributed by atoms with van der Waals surface area (Å²) in [5.41, 5.74) is -0.832. The van der Waals surface area contributed by atoms with E-state index in [0.29, 0.717) is 12.7 Å². The number of benzene rings is 2. The molecule has 184 valence electrons. The van der Waals surface area contributed by atoms with Crippen LogP contribution in [-0.4, -0.2) is 62.7 Å². The van der Waals surface area contributed by atoms with Crippen molar-refractivity contribution in [1.29, 1.82) is 0 Å². The highest BCUT2D eigenvalue weighted by Gasteiger charge is 2.58. The molecule has 1 amide bonds. The van der Waals surface area contributed by atoms with Crippen molar-refractivity contribution in [2.24, 2.45) is 0 Å². The second kappa shape index (κ2) is 8.90. The van der Waals surface area contributed by atoms with Crippen LogP contribution in [0.3, 0.4) is 0 Å². The Balaban J connectivity index is 1.74. The Morgan fingerprint density at radius 3 is 2.32 bits per heavy atom. The first-order valence-electron chi connectivity index (χ1n) is 10.4. The second-order valence-corrected chi connectivity index (χ2v) is 10.2. The van der Waals surface area contributed by atoms with Crippen molar-refractivity contribution in [2.45, 2.75) is 37.0 Å². The lowest BCUT2D eigenvalue weighted by atomic mass is 9.95. The van der Waals surface area contributed by atoms with Crippen molar-refractivity contribution in [3.05, 3.63) is 59.4 Å². The normalized spacial score (nSPS) is 24.2. The number of ether oxygens (including phenoxy) is 1. The number of hydrogen-bond acceptors (Lipinski definition) is 4. The maximum absolute atomic E-state index is 15.4. The number of likely N-dealkylation sites (tertiary alicyclic amines) is 1. The molecule has 2 saturated heterocycles. The van der Waals surface area contributed by atoms with Crippen LogP contribution in [0.5, 0.6) is 0 Å². The summed E-state index contributed by atoms with van der Waals surface area (Å²) in [6, 6.07) is 3.55. The molecule has 2 aliphatic heterocycles. The molecular weight excluding hydrogens is 483 g/mol. The molecule has 0 bridgehead atoms. The van der Waals surface area contributed by atoms with Gasteiger partial charge in [-0.25, -0.2) is 35.1 Å². The number of sulfonamides is 1. The van der Waals surface area contributed by atoms with Gasteiger partial charge in [0, 0.05) is 17.5 Å². The van der Waals surface area contributed by atoms with E-state index in [1.165, 1.54) is 30.3 Å². The van der Waals surface area contributed by atoms with Crippen molar-refractivity contribution in [3.8, 4) is 11.1 Å². The Morgan fingerprint density at radius 1 is 1.12 bits per heavy atom. The minimum absolute atomic E-state index is 0.170. The Bertz CT molecular complexity index is 1220. The molecule has 12 heteroatoms. The van der Waals surface area contributed by atoms with E-state index in [4.69, 9.17) is 4.74 Å². The average molecular weight is 504 g/mol. The van der Waals surface area contributed by atoms with E-state index in [2.05, 4.69) is 0 Å². The highest BCUT2D eigenvalue weighted by molar-refractivity contribution is 7.88. The molecule has 3 atom stereocenters. The summed E-state index contributed by atoms with van der Waals surface area (Å²) in [6.07, 6.45) is -0.417. The van der Waals surface area contributed by atoms with Crippen LogP contribution >= 0.6 is 0 Å². The second-order valence-electron chi connectivity index (χ2n) is 8.39. The summed E-state index contributed by atoms with van der Waals surface area (Å²) in [6.45, 7) is -0.796. The highest BCUT2D eigenvalue weighted by Crippen LogP contribution is 2.37. The number of rotatable bonds is 6. The largest absolute Gasteiger partial charge is 0.368 e.